The molecule has 2 rings (SSSR count). The van der Waals surface area contributed by atoms with Crippen LogP contribution in [0.25, 0.3) is 0 Å². The van der Waals surface area contributed by atoms with Gasteiger partial charge in [0.2, 0.25) is 0 Å². The minimum Gasteiger partial charge on any atom is -0.493 e. The van der Waals surface area contributed by atoms with Crippen LogP contribution in [0.1, 0.15) is 30.6 Å². The zero-order valence-corrected chi connectivity index (χ0v) is 16.4. The molecule has 0 saturated heterocycles. The summed E-state index contributed by atoms with van der Waals surface area (Å²) in [5.41, 5.74) is 2.43. The van der Waals surface area contributed by atoms with Gasteiger partial charge in [-0.1, -0.05) is 19.9 Å². The van der Waals surface area contributed by atoms with Crippen LogP contribution in [0.4, 0.5) is 0 Å². The van der Waals surface area contributed by atoms with Crippen molar-refractivity contribution < 1.29 is 22.7 Å². The Kier molecular flexibility index (Phi) is 7.01. The molecule has 0 radical (unpaired) electrons. The Bertz CT molecular complexity index is 833. The van der Waals surface area contributed by atoms with Crippen molar-refractivity contribution in [3.63, 3.8) is 0 Å². The fourth-order valence-electron chi connectivity index (χ4n) is 1.99. The second-order valence-corrected chi connectivity index (χ2v) is 8.75. The Hall–Kier alpha value is -2.10. The molecule has 1 aromatic heterocycles. The van der Waals surface area contributed by atoms with E-state index >= 15 is 0 Å². The largest absolute Gasteiger partial charge is 0.493 e. The second kappa shape index (κ2) is 9.02. The molecule has 0 aliphatic heterocycles. The van der Waals surface area contributed by atoms with Gasteiger partial charge in [-0.2, -0.15) is 0 Å². The molecule has 0 unspecified atom stereocenters. The second-order valence-electron chi connectivity index (χ2n) is 5.89. The minimum atomic E-state index is -3.78. The molecule has 2 aromatic rings. The van der Waals surface area contributed by atoms with Crippen molar-refractivity contribution >= 4 is 27.3 Å². The van der Waals surface area contributed by atoms with E-state index in [1.807, 2.05) is 0 Å². The lowest BCUT2D eigenvalue weighted by atomic mass is 10.1. The van der Waals surface area contributed by atoms with E-state index in [1.54, 1.807) is 23.6 Å². The van der Waals surface area contributed by atoms with Gasteiger partial charge in [0.25, 0.3) is 15.9 Å². The molecule has 1 amide bonds. The van der Waals surface area contributed by atoms with E-state index in [0.717, 1.165) is 17.8 Å². The summed E-state index contributed by atoms with van der Waals surface area (Å²) in [6, 6.07) is 7.73. The molecule has 0 saturated carbocycles. The van der Waals surface area contributed by atoms with E-state index in [4.69, 9.17) is 9.47 Å². The molecular weight excluding hydrogens is 376 g/mol. The molecule has 9 heteroatoms. The first-order chi connectivity index (χ1) is 12.3. The highest BCUT2D eigenvalue weighted by Gasteiger charge is 2.17. The number of rotatable bonds is 9. The fourth-order valence-corrected chi connectivity index (χ4v) is 3.82. The Labute approximate surface area is 157 Å². The van der Waals surface area contributed by atoms with Gasteiger partial charge in [-0.15, -0.1) is 16.2 Å². The average molecular weight is 399 g/mol. The van der Waals surface area contributed by atoms with Crippen LogP contribution in [-0.2, 0) is 10.0 Å². The summed E-state index contributed by atoms with van der Waals surface area (Å²) in [5, 5.41) is 1.64. The van der Waals surface area contributed by atoms with Crippen molar-refractivity contribution in [1.82, 2.24) is 10.3 Å². The summed E-state index contributed by atoms with van der Waals surface area (Å²) in [7, 11) is -2.31. The lowest BCUT2D eigenvalue weighted by Gasteiger charge is -2.13. The maximum atomic E-state index is 12.2. The van der Waals surface area contributed by atoms with Gasteiger partial charge in [0.15, 0.2) is 11.5 Å². The van der Waals surface area contributed by atoms with Gasteiger partial charge in [0.05, 0.1) is 13.7 Å². The topological polar surface area (TPSA) is 93.7 Å². The highest BCUT2D eigenvalue weighted by molar-refractivity contribution is 7.91. The third kappa shape index (κ3) is 5.45. The predicted octanol–water partition coefficient (Wildman–Crippen LogP) is 2.80. The number of hydrogen-bond donors (Lipinski definition) is 2. The molecule has 0 aliphatic carbocycles. The van der Waals surface area contributed by atoms with Crippen molar-refractivity contribution in [2.75, 3.05) is 13.7 Å². The zero-order chi connectivity index (χ0) is 19.2. The third-order valence-corrected chi connectivity index (χ3v) is 6.08. The summed E-state index contributed by atoms with van der Waals surface area (Å²) in [5.74, 6) is 0.853. The Balaban J connectivity index is 2.02. The van der Waals surface area contributed by atoms with Crippen LogP contribution in [0.3, 0.4) is 0 Å². The number of methoxy groups -OCH3 is 1. The number of hydrazine groups is 1. The molecule has 142 valence electrons. The monoisotopic (exact) mass is 398 g/mol. The van der Waals surface area contributed by atoms with Gasteiger partial charge in [0, 0.05) is 5.56 Å². The van der Waals surface area contributed by atoms with Crippen molar-refractivity contribution in [3.05, 3.63) is 41.3 Å². The Morgan fingerprint density at radius 2 is 2.00 bits per heavy atom. The summed E-state index contributed by atoms with van der Waals surface area (Å²) in [4.78, 5) is 14.3. The molecule has 0 aliphatic rings. The molecule has 1 aromatic carbocycles. The van der Waals surface area contributed by atoms with Crippen LogP contribution < -0.4 is 19.7 Å². The lowest BCUT2D eigenvalue weighted by Crippen LogP contribution is -2.41. The summed E-state index contributed by atoms with van der Waals surface area (Å²) >= 11 is 1.06. The Morgan fingerprint density at radius 1 is 1.23 bits per heavy atom. The molecule has 1 heterocycles. The SMILES string of the molecule is COc1cc(C(=O)NNS(=O)(=O)c2cccs2)ccc1OCCC(C)C. The number of thiophene rings is 1. The fraction of sp³-hybridized carbons (Fsp3) is 0.353. The number of sulfonamides is 1. The highest BCUT2D eigenvalue weighted by Crippen LogP contribution is 2.28. The summed E-state index contributed by atoms with van der Waals surface area (Å²) < 4.78 is 35.1. The maximum absolute atomic E-state index is 12.2. The van der Waals surface area contributed by atoms with Crippen molar-refractivity contribution in [2.45, 2.75) is 24.5 Å². The number of carbonyl (C=O) groups is 1. The summed E-state index contributed by atoms with van der Waals surface area (Å²) in [6.45, 7) is 4.75. The van der Waals surface area contributed by atoms with E-state index in [9.17, 15) is 13.2 Å². The summed E-state index contributed by atoms with van der Waals surface area (Å²) in [6.07, 6.45) is 0.899. The first kappa shape index (κ1) is 20.2. The predicted molar refractivity (Wildman–Crippen MR) is 100 cm³/mol. The van der Waals surface area contributed by atoms with Crippen LogP contribution in [0.5, 0.6) is 11.5 Å². The lowest BCUT2D eigenvalue weighted by molar-refractivity contribution is 0.0944. The molecular formula is C17H22N2O5S2. The van der Waals surface area contributed by atoms with Crippen molar-refractivity contribution in [1.29, 1.82) is 0 Å². The first-order valence-electron chi connectivity index (χ1n) is 8.00. The number of carbonyl (C=O) groups excluding carboxylic acids is 1. The standard InChI is InChI=1S/C17H22N2O5S2/c1-12(2)8-9-24-14-7-6-13(11-15(14)23-3)17(20)18-19-26(21,22)16-5-4-10-25-16/h4-7,10-12,19H,8-9H2,1-3H3,(H,18,20). The van der Waals surface area contributed by atoms with Gasteiger partial charge in [0.1, 0.15) is 4.21 Å². The molecule has 26 heavy (non-hydrogen) atoms. The number of benzene rings is 1. The first-order valence-corrected chi connectivity index (χ1v) is 10.4. The van der Waals surface area contributed by atoms with E-state index in [2.05, 4.69) is 24.1 Å². The van der Waals surface area contributed by atoms with Gasteiger partial charge in [-0.25, -0.2) is 8.42 Å². The van der Waals surface area contributed by atoms with E-state index < -0.39 is 15.9 Å². The smallest absolute Gasteiger partial charge is 0.266 e. The molecule has 2 N–H and O–H groups in total. The van der Waals surface area contributed by atoms with E-state index in [1.165, 1.54) is 19.2 Å². The van der Waals surface area contributed by atoms with Crippen LogP contribution in [-0.4, -0.2) is 28.0 Å². The molecule has 0 fully saturated rings. The zero-order valence-electron chi connectivity index (χ0n) is 14.8. The minimum absolute atomic E-state index is 0.115. The number of ether oxygens (including phenoxy) is 2. The third-order valence-electron chi connectivity index (χ3n) is 3.44. The maximum Gasteiger partial charge on any atom is 0.266 e. The average Bonchev–Trinajstić information content (AvgIpc) is 3.15. The van der Waals surface area contributed by atoms with E-state index in [0.29, 0.717) is 24.0 Å². The molecule has 0 bridgehead atoms. The van der Waals surface area contributed by atoms with E-state index in [-0.39, 0.29) is 9.77 Å². The van der Waals surface area contributed by atoms with Gasteiger partial charge < -0.3 is 9.47 Å². The van der Waals surface area contributed by atoms with Crippen LogP contribution in [0.15, 0.2) is 39.9 Å². The molecule has 7 nitrogen and oxygen atoms in total. The van der Waals surface area contributed by atoms with Crippen molar-refractivity contribution in [2.24, 2.45) is 5.92 Å². The van der Waals surface area contributed by atoms with Crippen LogP contribution >= 0.6 is 11.3 Å². The van der Waals surface area contributed by atoms with Gasteiger partial charge in [-0.3, -0.25) is 10.2 Å². The number of amides is 1. The number of hydrogen-bond acceptors (Lipinski definition) is 6. The van der Waals surface area contributed by atoms with Crippen LogP contribution in [0, 0.1) is 5.92 Å². The Morgan fingerprint density at radius 3 is 2.62 bits per heavy atom. The highest BCUT2D eigenvalue weighted by atomic mass is 32.2. The van der Waals surface area contributed by atoms with Gasteiger partial charge >= 0.3 is 0 Å². The quantitative estimate of drug-likeness (QED) is 0.634. The van der Waals surface area contributed by atoms with Crippen LogP contribution in [0.2, 0.25) is 0 Å². The normalized spacial score (nSPS) is 11.4. The van der Waals surface area contributed by atoms with Gasteiger partial charge in [-0.05, 0) is 42.0 Å². The number of nitrogens with one attached hydrogen (secondary N) is 2. The van der Waals surface area contributed by atoms with Crippen molar-refractivity contribution in [3.8, 4) is 11.5 Å². The molecule has 0 spiro atoms. The molecule has 0 atom stereocenters.